The van der Waals surface area contributed by atoms with Crippen LogP contribution in [0.5, 0.6) is 11.5 Å². The first kappa shape index (κ1) is 17.6. The number of amides is 1. The van der Waals surface area contributed by atoms with Gasteiger partial charge in [0.2, 0.25) is 6.79 Å². The van der Waals surface area contributed by atoms with Gasteiger partial charge in [-0.05, 0) is 42.0 Å². The maximum absolute atomic E-state index is 14.2. The zero-order chi connectivity index (χ0) is 19.8. The van der Waals surface area contributed by atoms with Gasteiger partial charge in [-0.2, -0.15) is 0 Å². The van der Waals surface area contributed by atoms with Gasteiger partial charge < -0.3 is 9.47 Å². The minimum Gasteiger partial charge on any atom is -0.454 e. The Hall–Kier alpha value is -3.52. The predicted octanol–water partition coefficient (Wildman–Crippen LogP) is 4.41. The molecule has 4 aromatic rings. The SMILES string of the molecule is O=C(c1ccc2c(c1)OCO2)N(Cc1cccnc1)c1nc2c(F)cccc2s1. The third-order valence-electron chi connectivity index (χ3n) is 4.52. The average molecular weight is 407 g/mol. The van der Waals surface area contributed by atoms with E-state index < -0.39 is 5.82 Å². The molecule has 0 aliphatic carbocycles. The summed E-state index contributed by atoms with van der Waals surface area (Å²) < 4.78 is 25.6. The molecular formula is C21H14FN3O3S. The molecule has 1 aliphatic rings. The van der Waals surface area contributed by atoms with Crippen molar-refractivity contribution in [1.29, 1.82) is 0 Å². The van der Waals surface area contributed by atoms with Crippen LogP contribution in [0.4, 0.5) is 9.52 Å². The van der Waals surface area contributed by atoms with Gasteiger partial charge in [0.05, 0.1) is 11.2 Å². The van der Waals surface area contributed by atoms with Crippen molar-refractivity contribution < 1.29 is 18.7 Å². The third-order valence-corrected chi connectivity index (χ3v) is 5.56. The number of nitrogens with zero attached hydrogens (tertiary/aromatic N) is 3. The molecule has 2 aromatic carbocycles. The zero-order valence-electron chi connectivity index (χ0n) is 15.0. The highest BCUT2D eigenvalue weighted by Gasteiger charge is 2.24. The van der Waals surface area contributed by atoms with Gasteiger partial charge in [-0.3, -0.25) is 14.7 Å². The molecule has 5 rings (SSSR count). The molecule has 0 saturated carbocycles. The molecule has 29 heavy (non-hydrogen) atoms. The van der Waals surface area contributed by atoms with Crippen molar-refractivity contribution in [3.05, 3.63) is 77.9 Å². The highest BCUT2D eigenvalue weighted by Crippen LogP contribution is 2.35. The molecule has 1 amide bonds. The number of para-hydroxylation sites is 1. The fourth-order valence-corrected chi connectivity index (χ4v) is 4.08. The van der Waals surface area contributed by atoms with Gasteiger partial charge in [-0.25, -0.2) is 9.37 Å². The van der Waals surface area contributed by atoms with E-state index in [9.17, 15) is 9.18 Å². The summed E-state index contributed by atoms with van der Waals surface area (Å²) in [5.74, 6) is 0.434. The number of benzene rings is 2. The van der Waals surface area contributed by atoms with Gasteiger partial charge in [0, 0.05) is 18.0 Å². The fraction of sp³-hybridized carbons (Fsp3) is 0.0952. The second-order valence-electron chi connectivity index (χ2n) is 6.40. The molecule has 0 fully saturated rings. The number of pyridine rings is 1. The maximum atomic E-state index is 14.2. The molecule has 3 heterocycles. The van der Waals surface area contributed by atoms with Crippen LogP contribution in [-0.4, -0.2) is 22.7 Å². The van der Waals surface area contributed by atoms with Crippen LogP contribution in [0.1, 0.15) is 15.9 Å². The predicted molar refractivity (Wildman–Crippen MR) is 107 cm³/mol. The number of rotatable bonds is 4. The van der Waals surface area contributed by atoms with E-state index in [0.29, 0.717) is 26.9 Å². The Labute approximate surface area is 169 Å². The van der Waals surface area contributed by atoms with Crippen molar-refractivity contribution in [3.63, 3.8) is 0 Å². The van der Waals surface area contributed by atoms with E-state index in [0.717, 1.165) is 5.56 Å². The second-order valence-corrected chi connectivity index (χ2v) is 7.41. The average Bonchev–Trinajstić information content (AvgIpc) is 3.39. The Morgan fingerprint density at radius 2 is 2.03 bits per heavy atom. The Kier molecular flexibility index (Phi) is 4.33. The minimum absolute atomic E-state index is 0.128. The van der Waals surface area contributed by atoms with E-state index in [1.165, 1.54) is 22.3 Å². The molecule has 0 atom stereocenters. The number of thiazole rings is 1. The van der Waals surface area contributed by atoms with Crippen molar-refractivity contribution >= 4 is 32.6 Å². The normalized spacial score (nSPS) is 12.3. The quantitative estimate of drug-likeness (QED) is 0.502. The number of carbonyl (C=O) groups excluding carboxylic acids is 1. The number of carbonyl (C=O) groups is 1. The van der Waals surface area contributed by atoms with Crippen molar-refractivity contribution in [2.75, 3.05) is 11.7 Å². The fourth-order valence-electron chi connectivity index (χ4n) is 3.10. The molecule has 2 aromatic heterocycles. The monoisotopic (exact) mass is 407 g/mol. The van der Waals surface area contributed by atoms with E-state index >= 15 is 0 Å². The molecule has 6 nitrogen and oxygen atoms in total. The number of anilines is 1. The molecular weight excluding hydrogens is 393 g/mol. The Morgan fingerprint density at radius 1 is 1.14 bits per heavy atom. The van der Waals surface area contributed by atoms with Gasteiger partial charge in [0.25, 0.3) is 5.91 Å². The summed E-state index contributed by atoms with van der Waals surface area (Å²) in [6, 6.07) is 13.5. The van der Waals surface area contributed by atoms with Crippen LogP contribution in [-0.2, 0) is 6.54 Å². The molecule has 0 spiro atoms. The molecule has 144 valence electrons. The van der Waals surface area contributed by atoms with Crippen molar-refractivity contribution in [3.8, 4) is 11.5 Å². The summed E-state index contributed by atoms with van der Waals surface area (Å²) in [6.07, 6.45) is 3.36. The van der Waals surface area contributed by atoms with Crippen LogP contribution in [0.2, 0.25) is 0 Å². The Morgan fingerprint density at radius 3 is 2.86 bits per heavy atom. The highest BCUT2D eigenvalue weighted by molar-refractivity contribution is 7.22. The number of halogens is 1. The van der Waals surface area contributed by atoms with E-state index in [1.807, 2.05) is 6.07 Å². The second kappa shape index (κ2) is 7.14. The van der Waals surface area contributed by atoms with E-state index in [2.05, 4.69) is 9.97 Å². The Bertz CT molecular complexity index is 1210. The number of hydrogen-bond acceptors (Lipinski definition) is 6. The first-order valence-corrected chi connectivity index (χ1v) is 9.66. The molecule has 0 unspecified atom stereocenters. The molecule has 8 heteroatoms. The van der Waals surface area contributed by atoms with E-state index in [1.54, 1.807) is 48.8 Å². The Balaban J connectivity index is 1.57. The lowest BCUT2D eigenvalue weighted by Crippen LogP contribution is -2.30. The lowest BCUT2D eigenvalue weighted by Gasteiger charge is -2.20. The van der Waals surface area contributed by atoms with Gasteiger partial charge in [-0.1, -0.05) is 23.5 Å². The maximum Gasteiger partial charge on any atom is 0.260 e. The molecule has 0 saturated heterocycles. The summed E-state index contributed by atoms with van der Waals surface area (Å²) in [5.41, 5.74) is 1.52. The molecule has 0 bridgehead atoms. The summed E-state index contributed by atoms with van der Waals surface area (Å²) in [5, 5.41) is 0.414. The smallest absolute Gasteiger partial charge is 0.260 e. The van der Waals surface area contributed by atoms with Crippen LogP contribution in [0.3, 0.4) is 0 Å². The van der Waals surface area contributed by atoms with Gasteiger partial charge in [0.15, 0.2) is 16.6 Å². The highest BCUT2D eigenvalue weighted by atomic mass is 32.1. The van der Waals surface area contributed by atoms with Gasteiger partial charge >= 0.3 is 0 Å². The van der Waals surface area contributed by atoms with Crippen LogP contribution in [0.15, 0.2) is 60.9 Å². The number of hydrogen-bond donors (Lipinski definition) is 0. The van der Waals surface area contributed by atoms with Crippen LogP contribution in [0, 0.1) is 5.82 Å². The number of fused-ring (bicyclic) bond motifs is 2. The summed E-state index contributed by atoms with van der Waals surface area (Å²) in [6.45, 7) is 0.381. The van der Waals surface area contributed by atoms with Crippen molar-refractivity contribution in [2.24, 2.45) is 0 Å². The first-order valence-electron chi connectivity index (χ1n) is 8.84. The molecule has 0 N–H and O–H groups in total. The van der Waals surface area contributed by atoms with Gasteiger partial charge in [-0.15, -0.1) is 0 Å². The van der Waals surface area contributed by atoms with E-state index in [4.69, 9.17) is 9.47 Å². The summed E-state index contributed by atoms with van der Waals surface area (Å²) >= 11 is 1.26. The van der Waals surface area contributed by atoms with Crippen LogP contribution in [0.25, 0.3) is 10.2 Å². The van der Waals surface area contributed by atoms with Crippen molar-refractivity contribution in [1.82, 2.24) is 9.97 Å². The van der Waals surface area contributed by atoms with Crippen molar-refractivity contribution in [2.45, 2.75) is 6.54 Å². The topological polar surface area (TPSA) is 64.6 Å². The number of ether oxygens (including phenoxy) is 2. The van der Waals surface area contributed by atoms with E-state index in [-0.39, 0.29) is 24.8 Å². The van der Waals surface area contributed by atoms with Crippen LogP contribution >= 0.6 is 11.3 Å². The summed E-state index contributed by atoms with van der Waals surface area (Å²) in [4.78, 5) is 23.4. The molecule has 0 radical (unpaired) electrons. The lowest BCUT2D eigenvalue weighted by molar-refractivity contribution is 0.0984. The summed E-state index contributed by atoms with van der Waals surface area (Å²) in [7, 11) is 0. The zero-order valence-corrected chi connectivity index (χ0v) is 15.9. The number of aromatic nitrogens is 2. The third kappa shape index (κ3) is 3.27. The molecule has 1 aliphatic heterocycles. The van der Waals surface area contributed by atoms with Gasteiger partial charge in [0.1, 0.15) is 11.3 Å². The van der Waals surface area contributed by atoms with Crippen LogP contribution < -0.4 is 14.4 Å². The standard InChI is InChI=1S/C21H14FN3O3S/c22-15-4-1-5-18-19(15)24-21(29-18)25(11-13-3-2-8-23-10-13)20(26)14-6-7-16-17(9-14)28-12-27-16/h1-10H,11-12H2. The lowest BCUT2D eigenvalue weighted by atomic mass is 10.1. The largest absolute Gasteiger partial charge is 0.454 e. The first-order chi connectivity index (χ1) is 14.2. The minimum atomic E-state index is -0.415.